The minimum Gasteiger partial charge on any atom is -0.456 e. The smallest absolute Gasteiger partial charge is 0.136 e. The SMILES string of the molecule is c1ccc(-c2ccc(N(c3ccc4cc5c(cc4c3)oc3ccccc35)c3ccc4sc5ccccc5c4c3)cc2)cc1. The van der Waals surface area contributed by atoms with Crippen molar-refractivity contribution in [1.29, 1.82) is 0 Å². The molecule has 202 valence electrons. The van der Waals surface area contributed by atoms with Crippen LogP contribution in [0.5, 0.6) is 0 Å². The van der Waals surface area contributed by atoms with Gasteiger partial charge in [-0.15, -0.1) is 11.3 Å². The molecule has 2 aromatic heterocycles. The summed E-state index contributed by atoms with van der Waals surface area (Å²) in [6, 6.07) is 54.4. The maximum absolute atomic E-state index is 6.25. The summed E-state index contributed by atoms with van der Waals surface area (Å²) in [6.45, 7) is 0. The molecule has 0 spiro atoms. The molecule has 0 amide bonds. The molecule has 0 radical (unpaired) electrons. The van der Waals surface area contributed by atoms with Gasteiger partial charge in [-0.3, -0.25) is 0 Å². The van der Waals surface area contributed by atoms with E-state index in [1.165, 1.54) is 36.7 Å². The van der Waals surface area contributed by atoms with Gasteiger partial charge in [-0.25, -0.2) is 0 Å². The fourth-order valence-corrected chi connectivity index (χ4v) is 7.42. The molecule has 9 rings (SSSR count). The number of furan rings is 1. The van der Waals surface area contributed by atoms with Crippen molar-refractivity contribution in [3.05, 3.63) is 152 Å². The fourth-order valence-electron chi connectivity index (χ4n) is 6.33. The molecule has 0 fully saturated rings. The minimum absolute atomic E-state index is 0.913. The zero-order valence-corrected chi connectivity index (χ0v) is 24.0. The molecule has 43 heavy (non-hydrogen) atoms. The lowest BCUT2D eigenvalue weighted by Crippen LogP contribution is -2.09. The summed E-state index contributed by atoms with van der Waals surface area (Å²) in [7, 11) is 0. The number of benzene rings is 7. The third-order valence-electron chi connectivity index (χ3n) is 8.43. The van der Waals surface area contributed by atoms with Gasteiger partial charge in [0.1, 0.15) is 11.2 Å². The second-order valence-electron chi connectivity index (χ2n) is 11.0. The van der Waals surface area contributed by atoms with Crippen molar-refractivity contribution in [3.8, 4) is 11.1 Å². The largest absolute Gasteiger partial charge is 0.456 e. The third kappa shape index (κ3) is 4.01. The highest BCUT2D eigenvalue weighted by Crippen LogP contribution is 2.42. The Bertz CT molecular complexity index is 2450. The average Bonchev–Trinajstić information content (AvgIpc) is 3.62. The van der Waals surface area contributed by atoms with E-state index < -0.39 is 0 Å². The van der Waals surface area contributed by atoms with Gasteiger partial charge in [-0.2, -0.15) is 0 Å². The van der Waals surface area contributed by atoms with E-state index in [9.17, 15) is 0 Å². The first-order valence-electron chi connectivity index (χ1n) is 14.5. The van der Waals surface area contributed by atoms with Gasteiger partial charge >= 0.3 is 0 Å². The number of thiophene rings is 1. The van der Waals surface area contributed by atoms with Crippen molar-refractivity contribution < 1.29 is 4.42 Å². The molecular weight excluding hydrogens is 543 g/mol. The highest BCUT2D eigenvalue weighted by Gasteiger charge is 2.16. The van der Waals surface area contributed by atoms with Gasteiger partial charge in [0.15, 0.2) is 0 Å². The van der Waals surface area contributed by atoms with E-state index in [0.29, 0.717) is 0 Å². The quantitative estimate of drug-likeness (QED) is 0.210. The van der Waals surface area contributed by atoms with Crippen LogP contribution in [0.15, 0.2) is 156 Å². The lowest BCUT2D eigenvalue weighted by atomic mass is 10.0. The molecule has 0 aliphatic rings. The van der Waals surface area contributed by atoms with Crippen LogP contribution in [0.3, 0.4) is 0 Å². The Balaban J connectivity index is 1.23. The van der Waals surface area contributed by atoms with Gasteiger partial charge in [0.05, 0.1) is 0 Å². The van der Waals surface area contributed by atoms with Gasteiger partial charge in [-0.05, 0) is 88.6 Å². The van der Waals surface area contributed by atoms with E-state index in [1.807, 2.05) is 23.5 Å². The Kier molecular flexibility index (Phi) is 5.40. The van der Waals surface area contributed by atoms with Crippen LogP contribution in [0.1, 0.15) is 0 Å². The number of anilines is 3. The number of fused-ring (bicyclic) bond motifs is 7. The Morgan fingerprint density at radius 2 is 1.07 bits per heavy atom. The molecule has 0 aliphatic heterocycles. The van der Waals surface area contributed by atoms with E-state index in [-0.39, 0.29) is 0 Å². The van der Waals surface area contributed by atoms with Crippen molar-refractivity contribution in [1.82, 2.24) is 0 Å². The van der Waals surface area contributed by atoms with Gasteiger partial charge < -0.3 is 9.32 Å². The van der Waals surface area contributed by atoms with Crippen LogP contribution >= 0.6 is 11.3 Å². The van der Waals surface area contributed by atoms with Crippen LogP contribution in [0.25, 0.3) is 64.0 Å². The minimum atomic E-state index is 0.913. The molecule has 0 unspecified atom stereocenters. The van der Waals surface area contributed by atoms with E-state index >= 15 is 0 Å². The van der Waals surface area contributed by atoms with Gasteiger partial charge in [-0.1, -0.05) is 84.9 Å². The maximum atomic E-state index is 6.25. The standard InChI is InChI=1S/C40H25NOS/c1-2-8-26(9-3-1)27-14-17-30(18-15-27)41(32-20-21-40-36(25-32)34-11-5-7-13-39(34)43-40)31-19-16-28-23-35-33-10-4-6-12-37(33)42-38(35)24-29(28)22-31/h1-25H. The fraction of sp³-hybridized carbons (Fsp3) is 0. The van der Waals surface area contributed by atoms with E-state index in [0.717, 1.165) is 44.4 Å². The Morgan fingerprint density at radius 3 is 1.95 bits per heavy atom. The van der Waals surface area contributed by atoms with Crippen LogP contribution in [0, 0.1) is 0 Å². The van der Waals surface area contributed by atoms with Gasteiger partial charge in [0.25, 0.3) is 0 Å². The van der Waals surface area contributed by atoms with Crippen molar-refractivity contribution in [2.75, 3.05) is 4.90 Å². The van der Waals surface area contributed by atoms with Gasteiger partial charge in [0.2, 0.25) is 0 Å². The number of hydrogen-bond donors (Lipinski definition) is 0. The molecule has 0 aliphatic carbocycles. The topological polar surface area (TPSA) is 16.4 Å². The van der Waals surface area contributed by atoms with Crippen LogP contribution < -0.4 is 4.90 Å². The van der Waals surface area contributed by atoms with Crippen LogP contribution in [0.4, 0.5) is 17.1 Å². The summed E-state index contributed by atoms with van der Waals surface area (Å²) in [5.74, 6) is 0. The zero-order valence-electron chi connectivity index (χ0n) is 23.2. The lowest BCUT2D eigenvalue weighted by Gasteiger charge is -2.26. The first kappa shape index (κ1) is 24.2. The molecule has 7 aromatic carbocycles. The van der Waals surface area contributed by atoms with Crippen LogP contribution in [-0.4, -0.2) is 0 Å². The summed E-state index contributed by atoms with van der Waals surface area (Å²) in [6.07, 6.45) is 0. The van der Waals surface area contributed by atoms with Crippen LogP contribution in [-0.2, 0) is 0 Å². The molecule has 2 heterocycles. The summed E-state index contributed by atoms with van der Waals surface area (Å²) < 4.78 is 8.87. The number of para-hydroxylation sites is 1. The average molecular weight is 568 g/mol. The number of nitrogens with zero attached hydrogens (tertiary/aromatic N) is 1. The normalized spacial score (nSPS) is 11.7. The molecule has 0 saturated carbocycles. The third-order valence-corrected chi connectivity index (χ3v) is 9.58. The monoisotopic (exact) mass is 567 g/mol. The number of hydrogen-bond acceptors (Lipinski definition) is 3. The Labute approximate surface area is 252 Å². The first-order valence-corrected chi connectivity index (χ1v) is 15.3. The van der Waals surface area contributed by atoms with E-state index in [4.69, 9.17) is 4.42 Å². The summed E-state index contributed by atoms with van der Waals surface area (Å²) in [5.41, 5.74) is 7.60. The maximum Gasteiger partial charge on any atom is 0.136 e. The molecule has 0 atom stereocenters. The van der Waals surface area contributed by atoms with Crippen molar-refractivity contribution in [2.24, 2.45) is 0 Å². The first-order chi connectivity index (χ1) is 21.3. The summed E-state index contributed by atoms with van der Waals surface area (Å²) in [4.78, 5) is 2.36. The Hall–Kier alpha value is -5.38. The molecule has 0 N–H and O–H groups in total. The van der Waals surface area contributed by atoms with E-state index in [2.05, 4.69) is 144 Å². The molecule has 0 saturated heterocycles. The molecule has 0 bridgehead atoms. The van der Waals surface area contributed by atoms with Crippen molar-refractivity contribution in [3.63, 3.8) is 0 Å². The molecule has 3 heteroatoms. The highest BCUT2D eigenvalue weighted by atomic mass is 32.1. The van der Waals surface area contributed by atoms with Crippen molar-refractivity contribution in [2.45, 2.75) is 0 Å². The van der Waals surface area contributed by atoms with E-state index in [1.54, 1.807) is 0 Å². The Morgan fingerprint density at radius 1 is 0.395 bits per heavy atom. The predicted molar refractivity (Wildman–Crippen MR) is 184 cm³/mol. The highest BCUT2D eigenvalue weighted by molar-refractivity contribution is 7.25. The van der Waals surface area contributed by atoms with Crippen LogP contribution in [0.2, 0.25) is 0 Å². The second kappa shape index (κ2) is 9.59. The molecule has 9 aromatic rings. The van der Waals surface area contributed by atoms with Gasteiger partial charge in [0, 0.05) is 48.0 Å². The predicted octanol–water partition coefficient (Wildman–Crippen LogP) is 12.2. The molecule has 2 nitrogen and oxygen atoms in total. The zero-order chi connectivity index (χ0) is 28.3. The summed E-state index contributed by atoms with van der Waals surface area (Å²) >= 11 is 1.85. The number of rotatable bonds is 4. The van der Waals surface area contributed by atoms with Crippen molar-refractivity contribution >= 4 is 81.3 Å². The lowest BCUT2D eigenvalue weighted by molar-refractivity contribution is 0.669. The summed E-state index contributed by atoms with van der Waals surface area (Å²) in [5, 5.41) is 7.24. The molecular formula is C40H25NOS. The second-order valence-corrected chi connectivity index (χ2v) is 12.1.